The van der Waals surface area contributed by atoms with Gasteiger partial charge in [0.2, 0.25) is 0 Å². The van der Waals surface area contributed by atoms with Crippen LogP contribution in [-0.4, -0.2) is 13.2 Å². The zero-order valence-electron chi connectivity index (χ0n) is 8.30. The third-order valence-electron chi connectivity index (χ3n) is 1.81. The van der Waals surface area contributed by atoms with Crippen molar-refractivity contribution >= 4 is 23.2 Å². The van der Waals surface area contributed by atoms with Crippen molar-refractivity contribution in [2.24, 2.45) is 0 Å². The van der Waals surface area contributed by atoms with Crippen molar-refractivity contribution in [3.05, 3.63) is 46.6 Å². The number of nitrogens with one attached hydrogen (secondary N) is 1. The molecule has 0 fully saturated rings. The van der Waals surface area contributed by atoms with Gasteiger partial charge < -0.3 is 10.1 Å². The molecule has 0 saturated heterocycles. The Morgan fingerprint density at radius 2 is 2.20 bits per heavy atom. The molecule has 0 atom stereocenters. The molecule has 0 aliphatic carbocycles. The van der Waals surface area contributed by atoms with Gasteiger partial charge in [0, 0.05) is 16.6 Å². The monoisotopic (exact) mass is 245 g/mol. The van der Waals surface area contributed by atoms with Crippen molar-refractivity contribution in [1.82, 2.24) is 5.32 Å². The highest BCUT2D eigenvalue weighted by Gasteiger charge is 2.00. The maximum Gasteiger partial charge on any atom is 0.0732 e. The molecule has 2 nitrogen and oxygen atoms in total. The van der Waals surface area contributed by atoms with Gasteiger partial charge in [0.15, 0.2) is 0 Å². The van der Waals surface area contributed by atoms with Crippen molar-refractivity contribution in [2.75, 3.05) is 13.2 Å². The molecule has 0 saturated carbocycles. The Balaban J connectivity index is 2.34. The largest absolute Gasteiger partial charge is 0.389 e. The normalized spacial score (nSPS) is 10.0. The van der Waals surface area contributed by atoms with Crippen LogP contribution in [0.2, 0.25) is 10.0 Å². The highest BCUT2D eigenvalue weighted by Crippen LogP contribution is 2.21. The van der Waals surface area contributed by atoms with Gasteiger partial charge in [0.1, 0.15) is 0 Å². The molecule has 0 amide bonds. The molecular weight excluding hydrogens is 233 g/mol. The predicted octanol–water partition coefficient (Wildman–Crippen LogP) is 3.24. The van der Waals surface area contributed by atoms with Crippen LogP contribution < -0.4 is 5.32 Å². The van der Waals surface area contributed by atoms with Gasteiger partial charge >= 0.3 is 0 Å². The SMILES string of the molecule is C=CNCCOCc1ccc(Cl)cc1Cl. The standard InChI is InChI=1S/C11H13Cl2NO/c1-2-14-5-6-15-8-9-3-4-10(12)7-11(9)13/h2-4,7,14H,1,5-6,8H2. The number of hydrogen-bond donors (Lipinski definition) is 1. The molecule has 1 aromatic carbocycles. The maximum atomic E-state index is 5.97. The second-order valence-corrected chi connectivity index (χ2v) is 3.79. The summed E-state index contributed by atoms with van der Waals surface area (Å²) < 4.78 is 5.40. The van der Waals surface area contributed by atoms with Crippen molar-refractivity contribution in [3.8, 4) is 0 Å². The lowest BCUT2D eigenvalue weighted by Crippen LogP contribution is -2.12. The molecule has 0 aliphatic heterocycles. The van der Waals surface area contributed by atoms with Crippen LogP contribution in [0.15, 0.2) is 31.0 Å². The van der Waals surface area contributed by atoms with Gasteiger partial charge in [-0.05, 0) is 23.9 Å². The van der Waals surface area contributed by atoms with E-state index in [1.165, 1.54) is 0 Å². The number of benzene rings is 1. The Morgan fingerprint density at radius 1 is 1.40 bits per heavy atom. The van der Waals surface area contributed by atoms with Gasteiger partial charge in [0.05, 0.1) is 13.2 Å². The fourth-order valence-electron chi connectivity index (χ4n) is 1.05. The Kier molecular flexibility index (Phi) is 5.54. The highest BCUT2D eigenvalue weighted by atomic mass is 35.5. The minimum atomic E-state index is 0.495. The second-order valence-electron chi connectivity index (χ2n) is 2.95. The van der Waals surface area contributed by atoms with E-state index in [1.807, 2.05) is 6.07 Å². The second kappa shape index (κ2) is 6.72. The minimum Gasteiger partial charge on any atom is -0.389 e. The van der Waals surface area contributed by atoms with Crippen molar-refractivity contribution in [2.45, 2.75) is 6.61 Å². The first-order chi connectivity index (χ1) is 7.24. The van der Waals surface area contributed by atoms with Crippen molar-refractivity contribution in [3.63, 3.8) is 0 Å². The quantitative estimate of drug-likeness (QED) is 0.778. The zero-order valence-corrected chi connectivity index (χ0v) is 9.81. The summed E-state index contributed by atoms with van der Waals surface area (Å²) in [6, 6.07) is 5.38. The number of hydrogen-bond acceptors (Lipinski definition) is 2. The third kappa shape index (κ3) is 4.56. The smallest absolute Gasteiger partial charge is 0.0732 e. The first-order valence-corrected chi connectivity index (χ1v) is 5.35. The molecule has 1 rings (SSSR count). The van der Waals surface area contributed by atoms with Crippen molar-refractivity contribution in [1.29, 1.82) is 0 Å². The average molecular weight is 246 g/mol. The fraction of sp³-hybridized carbons (Fsp3) is 0.273. The van der Waals surface area contributed by atoms with Crippen LogP contribution in [0.5, 0.6) is 0 Å². The van der Waals surface area contributed by atoms with E-state index >= 15 is 0 Å². The molecule has 82 valence electrons. The van der Waals surface area contributed by atoms with Crippen LogP contribution in [0, 0.1) is 0 Å². The van der Waals surface area contributed by atoms with Gasteiger partial charge in [-0.2, -0.15) is 0 Å². The molecule has 0 unspecified atom stereocenters. The molecule has 0 radical (unpaired) electrons. The fourth-order valence-corrected chi connectivity index (χ4v) is 1.52. The Bertz CT molecular complexity index is 328. The Labute approximate surface area is 99.8 Å². The van der Waals surface area contributed by atoms with Crippen LogP contribution in [0.1, 0.15) is 5.56 Å². The number of rotatable bonds is 6. The van der Waals surface area contributed by atoms with Gasteiger partial charge in [-0.15, -0.1) is 0 Å². The molecular formula is C11H13Cl2NO. The Hall–Kier alpha value is -0.700. The number of halogens is 2. The molecule has 0 aromatic heterocycles. The molecule has 0 spiro atoms. The number of ether oxygens (including phenoxy) is 1. The molecule has 1 aromatic rings. The van der Waals surface area contributed by atoms with E-state index in [1.54, 1.807) is 18.3 Å². The molecule has 4 heteroatoms. The predicted molar refractivity (Wildman–Crippen MR) is 64.3 cm³/mol. The van der Waals surface area contributed by atoms with E-state index in [2.05, 4.69) is 11.9 Å². The molecule has 1 N–H and O–H groups in total. The topological polar surface area (TPSA) is 21.3 Å². The first kappa shape index (κ1) is 12.4. The summed E-state index contributed by atoms with van der Waals surface area (Å²) >= 11 is 11.7. The molecule has 0 bridgehead atoms. The summed E-state index contributed by atoms with van der Waals surface area (Å²) in [6.07, 6.45) is 1.64. The van der Waals surface area contributed by atoms with Crippen LogP contribution in [0.25, 0.3) is 0 Å². The van der Waals surface area contributed by atoms with Crippen LogP contribution in [-0.2, 0) is 11.3 Å². The maximum absolute atomic E-state index is 5.97. The molecule has 0 aliphatic rings. The van der Waals surface area contributed by atoms with Crippen LogP contribution in [0.4, 0.5) is 0 Å². The lowest BCUT2D eigenvalue weighted by Gasteiger charge is -2.06. The summed E-state index contributed by atoms with van der Waals surface area (Å²) in [5.74, 6) is 0. The highest BCUT2D eigenvalue weighted by molar-refractivity contribution is 6.35. The summed E-state index contributed by atoms with van der Waals surface area (Å²) in [5.41, 5.74) is 0.944. The summed E-state index contributed by atoms with van der Waals surface area (Å²) in [4.78, 5) is 0. The van der Waals surface area contributed by atoms with Gasteiger partial charge in [0.25, 0.3) is 0 Å². The molecule has 0 heterocycles. The minimum absolute atomic E-state index is 0.495. The van der Waals surface area contributed by atoms with Crippen LogP contribution >= 0.6 is 23.2 Å². The van der Waals surface area contributed by atoms with E-state index in [-0.39, 0.29) is 0 Å². The lowest BCUT2D eigenvalue weighted by atomic mass is 10.2. The van der Waals surface area contributed by atoms with Crippen LogP contribution in [0.3, 0.4) is 0 Å². The summed E-state index contributed by atoms with van der Waals surface area (Å²) in [5, 5.41) is 4.22. The van der Waals surface area contributed by atoms with Gasteiger partial charge in [-0.3, -0.25) is 0 Å². The first-order valence-electron chi connectivity index (χ1n) is 4.60. The van der Waals surface area contributed by atoms with E-state index in [0.717, 1.165) is 12.1 Å². The lowest BCUT2D eigenvalue weighted by molar-refractivity contribution is 0.125. The van der Waals surface area contributed by atoms with E-state index in [4.69, 9.17) is 27.9 Å². The van der Waals surface area contributed by atoms with Crippen molar-refractivity contribution < 1.29 is 4.74 Å². The molecule has 15 heavy (non-hydrogen) atoms. The summed E-state index contributed by atoms with van der Waals surface area (Å²) in [6.45, 7) is 5.39. The summed E-state index contributed by atoms with van der Waals surface area (Å²) in [7, 11) is 0. The van der Waals surface area contributed by atoms with E-state index < -0.39 is 0 Å². The van der Waals surface area contributed by atoms with Gasteiger partial charge in [-0.25, -0.2) is 0 Å². The van der Waals surface area contributed by atoms with Gasteiger partial charge in [-0.1, -0.05) is 35.8 Å². The van der Waals surface area contributed by atoms with E-state index in [9.17, 15) is 0 Å². The average Bonchev–Trinajstić information content (AvgIpc) is 2.20. The Morgan fingerprint density at radius 3 is 2.87 bits per heavy atom. The third-order valence-corrected chi connectivity index (χ3v) is 2.39. The zero-order chi connectivity index (χ0) is 11.1. The van der Waals surface area contributed by atoms with E-state index in [0.29, 0.717) is 23.3 Å².